The first-order valence-corrected chi connectivity index (χ1v) is 7.41. The first-order chi connectivity index (χ1) is 9.76. The lowest BCUT2D eigenvalue weighted by atomic mass is 9.95. The third-order valence-corrected chi connectivity index (χ3v) is 4.08. The highest BCUT2D eigenvalue weighted by molar-refractivity contribution is 5.79. The number of amides is 1. The molecule has 2 atom stereocenters. The minimum atomic E-state index is -0.190. The predicted octanol–water partition coefficient (Wildman–Crippen LogP) is 1.18. The number of hydrogen-bond acceptors (Lipinski definition) is 3. The fraction of sp³-hybridized carbons (Fsp3) is 0.562. The Labute approximate surface area is 120 Å². The number of aliphatic hydroxyl groups excluding tert-OH is 1. The Kier molecular flexibility index (Phi) is 5.56. The molecule has 2 unspecified atom stereocenters. The molecule has 4 heteroatoms. The number of likely N-dealkylation sites (tertiary alicyclic amines) is 1. The van der Waals surface area contributed by atoms with Gasteiger partial charge in [-0.1, -0.05) is 30.3 Å². The highest BCUT2D eigenvalue weighted by Crippen LogP contribution is 2.20. The van der Waals surface area contributed by atoms with Crippen molar-refractivity contribution >= 4 is 5.91 Å². The molecule has 1 aliphatic rings. The molecule has 20 heavy (non-hydrogen) atoms. The normalized spacial score (nSPS) is 20.7. The van der Waals surface area contributed by atoms with Crippen molar-refractivity contribution in [3.8, 4) is 0 Å². The van der Waals surface area contributed by atoms with Gasteiger partial charge in [0.05, 0.1) is 18.6 Å². The summed E-state index contributed by atoms with van der Waals surface area (Å²) in [6, 6.07) is 9.94. The number of carbonyl (C=O) groups excluding carboxylic acids is 1. The first-order valence-electron chi connectivity index (χ1n) is 7.41. The molecule has 4 nitrogen and oxygen atoms in total. The number of nitrogens with zero attached hydrogens (tertiary/aromatic N) is 1. The van der Waals surface area contributed by atoms with Gasteiger partial charge in [0.25, 0.3) is 0 Å². The summed E-state index contributed by atoms with van der Waals surface area (Å²) in [7, 11) is 0. The molecule has 1 fully saturated rings. The number of aliphatic hydroxyl groups is 1. The Morgan fingerprint density at radius 1 is 1.35 bits per heavy atom. The van der Waals surface area contributed by atoms with Gasteiger partial charge in [-0.3, -0.25) is 4.79 Å². The summed E-state index contributed by atoms with van der Waals surface area (Å²) in [5, 5.41) is 9.43. The Morgan fingerprint density at radius 3 is 2.75 bits per heavy atom. The van der Waals surface area contributed by atoms with E-state index < -0.39 is 0 Å². The van der Waals surface area contributed by atoms with Gasteiger partial charge in [-0.05, 0) is 31.2 Å². The summed E-state index contributed by atoms with van der Waals surface area (Å²) >= 11 is 0. The minimum Gasteiger partial charge on any atom is -0.394 e. The van der Waals surface area contributed by atoms with Crippen LogP contribution in [0.2, 0.25) is 0 Å². The number of carbonyl (C=O) groups is 1. The lowest BCUT2D eigenvalue weighted by molar-refractivity contribution is -0.140. The SMILES string of the molecule is NCC(Cc1ccccc1)C(=O)N1CCCCC1CO. The molecule has 1 aliphatic heterocycles. The van der Waals surface area contributed by atoms with Gasteiger partial charge in [0.15, 0.2) is 0 Å². The van der Waals surface area contributed by atoms with E-state index in [4.69, 9.17) is 5.73 Å². The molecule has 0 spiro atoms. The van der Waals surface area contributed by atoms with Crippen LogP contribution in [0.3, 0.4) is 0 Å². The average molecular weight is 276 g/mol. The molecule has 1 amide bonds. The summed E-state index contributed by atoms with van der Waals surface area (Å²) in [6.07, 6.45) is 3.67. The summed E-state index contributed by atoms with van der Waals surface area (Å²) in [5.41, 5.74) is 6.94. The van der Waals surface area contributed by atoms with Crippen molar-refractivity contribution in [2.24, 2.45) is 11.7 Å². The van der Waals surface area contributed by atoms with E-state index in [1.54, 1.807) is 0 Å². The maximum atomic E-state index is 12.6. The van der Waals surface area contributed by atoms with Gasteiger partial charge in [-0.25, -0.2) is 0 Å². The van der Waals surface area contributed by atoms with Crippen LogP contribution < -0.4 is 5.73 Å². The number of nitrogens with two attached hydrogens (primary N) is 1. The van der Waals surface area contributed by atoms with E-state index in [1.807, 2.05) is 35.2 Å². The molecule has 0 radical (unpaired) electrons. The van der Waals surface area contributed by atoms with Crippen molar-refractivity contribution in [3.05, 3.63) is 35.9 Å². The summed E-state index contributed by atoms with van der Waals surface area (Å²) in [4.78, 5) is 14.5. The second-order valence-corrected chi connectivity index (χ2v) is 5.49. The van der Waals surface area contributed by atoms with Crippen molar-refractivity contribution in [1.82, 2.24) is 4.90 Å². The van der Waals surface area contributed by atoms with E-state index >= 15 is 0 Å². The smallest absolute Gasteiger partial charge is 0.227 e. The zero-order chi connectivity index (χ0) is 14.4. The standard InChI is InChI=1S/C16H24N2O2/c17-11-14(10-13-6-2-1-3-7-13)16(20)18-9-5-4-8-15(18)12-19/h1-3,6-7,14-15,19H,4-5,8-12,17H2. The second-order valence-electron chi connectivity index (χ2n) is 5.49. The molecule has 2 rings (SSSR count). The third-order valence-electron chi connectivity index (χ3n) is 4.08. The minimum absolute atomic E-state index is 0.0268. The number of rotatable bonds is 5. The quantitative estimate of drug-likeness (QED) is 0.848. The van der Waals surface area contributed by atoms with Crippen molar-refractivity contribution in [2.45, 2.75) is 31.7 Å². The van der Waals surface area contributed by atoms with E-state index in [9.17, 15) is 9.90 Å². The molecule has 0 aliphatic carbocycles. The largest absolute Gasteiger partial charge is 0.394 e. The van der Waals surface area contributed by atoms with Crippen molar-refractivity contribution in [3.63, 3.8) is 0 Å². The van der Waals surface area contributed by atoms with Gasteiger partial charge in [0.1, 0.15) is 0 Å². The molecule has 0 bridgehead atoms. The fourth-order valence-electron chi connectivity index (χ4n) is 2.89. The van der Waals surface area contributed by atoms with Crippen LogP contribution in [0.4, 0.5) is 0 Å². The Bertz CT molecular complexity index is 422. The number of hydrogen-bond donors (Lipinski definition) is 2. The lowest BCUT2D eigenvalue weighted by Crippen LogP contribution is -2.49. The summed E-state index contributed by atoms with van der Waals surface area (Å²) < 4.78 is 0. The summed E-state index contributed by atoms with van der Waals surface area (Å²) in [6.45, 7) is 1.14. The highest BCUT2D eigenvalue weighted by atomic mass is 16.3. The van der Waals surface area contributed by atoms with Crippen molar-refractivity contribution in [1.29, 1.82) is 0 Å². The van der Waals surface area contributed by atoms with E-state index in [0.29, 0.717) is 13.0 Å². The molecular weight excluding hydrogens is 252 g/mol. The second kappa shape index (κ2) is 7.41. The van der Waals surface area contributed by atoms with Crippen LogP contribution in [-0.4, -0.2) is 41.7 Å². The van der Waals surface area contributed by atoms with Crippen LogP contribution in [0.25, 0.3) is 0 Å². The fourth-order valence-corrected chi connectivity index (χ4v) is 2.89. The van der Waals surface area contributed by atoms with E-state index in [0.717, 1.165) is 31.4 Å². The summed E-state index contributed by atoms with van der Waals surface area (Å²) in [5.74, 6) is -0.0975. The first kappa shape index (κ1) is 15.0. The van der Waals surface area contributed by atoms with E-state index in [-0.39, 0.29) is 24.5 Å². The van der Waals surface area contributed by atoms with E-state index in [2.05, 4.69) is 0 Å². The number of piperidine rings is 1. The van der Waals surface area contributed by atoms with Gasteiger partial charge < -0.3 is 15.7 Å². The maximum absolute atomic E-state index is 12.6. The van der Waals surface area contributed by atoms with Crippen molar-refractivity contribution < 1.29 is 9.90 Å². The Hall–Kier alpha value is -1.39. The molecule has 1 aromatic rings. The molecular formula is C16H24N2O2. The zero-order valence-corrected chi connectivity index (χ0v) is 11.9. The molecule has 1 heterocycles. The van der Waals surface area contributed by atoms with Crippen LogP contribution in [0.1, 0.15) is 24.8 Å². The van der Waals surface area contributed by atoms with Gasteiger partial charge in [-0.2, -0.15) is 0 Å². The number of benzene rings is 1. The Balaban J connectivity index is 2.04. The molecule has 0 aromatic heterocycles. The monoisotopic (exact) mass is 276 g/mol. The van der Waals surface area contributed by atoms with E-state index in [1.165, 1.54) is 0 Å². The maximum Gasteiger partial charge on any atom is 0.227 e. The molecule has 1 aromatic carbocycles. The topological polar surface area (TPSA) is 66.6 Å². The zero-order valence-electron chi connectivity index (χ0n) is 11.9. The van der Waals surface area contributed by atoms with Crippen LogP contribution in [0, 0.1) is 5.92 Å². The van der Waals surface area contributed by atoms with Crippen molar-refractivity contribution in [2.75, 3.05) is 19.7 Å². The molecule has 0 saturated carbocycles. The van der Waals surface area contributed by atoms with Gasteiger partial charge >= 0.3 is 0 Å². The van der Waals surface area contributed by atoms with Crippen LogP contribution >= 0.6 is 0 Å². The third kappa shape index (κ3) is 3.58. The Morgan fingerprint density at radius 2 is 2.10 bits per heavy atom. The lowest BCUT2D eigenvalue weighted by Gasteiger charge is -2.36. The van der Waals surface area contributed by atoms with Crippen LogP contribution in [-0.2, 0) is 11.2 Å². The molecule has 1 saturated heterocycles. The predicted molar refractivity (Wildman–Crippen MR) is 79.1 cm³/mol. The average Bonchev–Trinajstić information content (AvgIpc) is 2.53. The van der Waals surface area contributed by atoms with Gasteiger partial charge in [0, 0.05) is 13.1 Å². The molecule has 3 N–H and O–H groups in total. The van der Waals surface area contributed by atoms with Gasteiger partial charge in [0.2, 0.25) is 5.91 Å². The van der Waals surface area contributed by atoms with Gasteiger partial charge in [-0.15, -0.1) is 0 Å². The van der Waals surface area contributed by atoms with Crippen LogP contribution in [0.15, 0.2) is 30.3 Å². The van der Waals surface area contributed by atoms with Crippen LogP contribution in [0.5, 0.6) is 0 Å². The molecule has 110 valence electrons. The highest BCUT2D eigenvalue weighted by Gasteiger charge is 2.30.